The molecular formula is C18H26ClIN6O. The van der Waals surface area contributed by atoms with Crippen molar-refractivity contribution in [2.75, 3.05) is 20.2 Å². The first kappa shape index (κ1) is 21.7. The molecule has 0 saturated carbocycles. The highest BCUT2D eigenvalue weighted by Gasteiger charge is 2.16. The molecular weight excluding hydrogens is 479 g/mol. The van der Waals surface area contributed by atoms with Gasteiger partial charge in [0.1, 0.15) is 18.1 Å². The third-order valence-corrected chi connectivity index (χ3v) is 4.71. The molecule has 1 aliphatic rings. The van der Waals surface area contributed by atoms with Crippen molar-refractivity contribution in [3.63, 3.8) is 0 Å². The Balaban J connectivity index is 0.00000261. The Morgan fingerprint density at radius 3 is 2.93 bits per heavy atom. The highest BCUT2D eigenvalue weighted by Crippen LogP contribution is 2.22. The second kappa shape index (κ2) is 10.7. The van der Waals surface area contributed by atoms with Gasteiger partial charge < -0.3 is 19.9 Å². The number of fused-ring (bicyclic) bond motifs is 1. The molecule has 0 amide bonds. The molecule has 0 atom stereocenters. The van der Waals surface area contributed by atoms with E-state index in [1.165, 1.54) is 0 Å². The predicted octanol–water partition coefficient (Wildman–Crippen LogP) is 2.80. The lowest BCUT2D eigenvalue weighted by molar-refractivity contribution is 0.414. The predicted molar refractivity (Wildman–Crippen MR) is 118 cm³/mol. The monoisotopic (exact) mass is 504 g/mol. The smallest absolute Gasteiger partial charge is 0.191 e. The lowest BCUT2D eigenvalue weighted by atomic mass is 10.1. The van der Waals surface area contributed by atoms with Crippen molar-refractivity contribution in [1.82, 2.24) is 25.4 Å². The molecule has 148 valence electrons. The van der Waals surface area contributed by atoms with Crippen LogP contribution in [0.5, 0.6) is 5.75 Å². The zero-order valence-electron chi connectivity index (χ0n) is 15.7. The summed E-state index contributed by atoms with van der Waals surface area (Å²) in [5, 5.41) is 15.8. The van der Waals surface area contributed by atoms with E-state index in [-0.39, 0.29) is 24.0 Å². The fourth-order valence-electron chi connectivity index (χ4n) is 2.99. The van der Waals surface area contributed by atoms with E-state index in [1.54, 1.807) is 7.11 Å². The molecule has 2 heterocycles. The molecule has 0 bridgehead atoms. The number of halogens is 2. The van der Waals surface area contributed by atoms with Crippen LogP contribution in [0.15, 0.2) is 23.2 Å². The summed E-state index contributed by atoms with van der Waals surface area (Å²) in [6, 6.07) is 5.75. The summed E-state index contributed by atoms with van der Waals surface area (Å²) in [6.07, 6.45) is 2.95. The van der Waals surface area contributed by atoms with Gasteiger partial charge in [0, 0.05) is 31.1 Å². The number of hydrogen-bond acceptors (Lipinski definition) is 4. The number of nitrogens with one attached hydrogen (secondary N) is 2. The third kappa shape index (κ3) is 5.71. The number of ether oxygens (including phenoxy) is 1. The average Bonchev–Trinajstić information content (AvgIpc) is 3.25. The van der Waals surface area contributed by atoms with E-state index >= 15 is 0 Å². The van der Waals surface area contributed by atoms with Gasteiger partial charge in [-0.15, -0.1) is 34.2 Å². The van der Waals surface area contributed by atoms with Crippen molar-refractivity contribution in [2.45, 2.75) is 39.3 Å². The third-order valence-electron chi connectivity index (χ3n) is 4.36. The highest BCUT2D eigenvalue weighted by molar-refractivity contribution is 14.0. The molecule has 1 aromatic carbocycles. The van der Waals surface area contributed by atoms with Crippen molar-refractivity contribution >= 4 is 41.5 Å². The number of methoxy groups -OCH3 is 1. The Morgan fingerprint density at radius 1 is 1.33 bits per heavy atom. The maximum absolute atomic E-state index is 6.30. The number of guanidine groups is 1. The standard InChI is InChI=1S/C18H25ClN6O.HI/c1-3-20-18(22-12-17-24-23-16-5-4-10-25(16)17)21-9-8-13-6-7-14(26-2)11-15(13)19;/h6-7,11H,3-5,8-10,12H2,1-2H3,(H2,20,21,22);1H. The van der Waals surface area contributed by atoms with Crippen LogP contribution in [0.2, 0.25) is 5.02 Å². The van der Waals surface area contributed by atoms with E-state index < -0.39 is 0 Å². The highest BCUT2D eigenvalue weighted by atomic mass is 127. The van der Waals surface area contributed by atoms with Crippen LogP contribution in [0.4, 0.5) is 0 Å². The van der Waals surface area contributed by atoms with E-state index in [4.69, 9.17) is 16.3 Å². The summed E-state index contributed by atoms with van der Waals surface area (Å²) in [6.45, 7) is 5.09. The van der Waals surface area contributed by atoms with Crippen molar-refractivity contribution < 1.29 is 4.74 Å². The molecule has 9 heteroatoms. The van der Waals surface area contributed by atoms with Gasteiger partial charge in [0.05, 0.1) is 7.11 Å². The number of aromatic nitrogens is 3. The molecule has 2 N–H and O–H groups in total. The topological polar surface area (TPSA) is 76.4 Å². The van der Waals surface area contributed by atoms with E-state index in [0.29, 0.717) is 11.6 Å². The van der Waals surface area contributed by atoms with Gasteiger partial charge in [-0.3, -0.25) is 0 Å². The quantitative estimate of drug-likeness (QED) is 0.345. The summed E-state index contributed by atoms with van der Waals surface area (Å²) < 4.78 is 7.35. The van der Waals surface area contributed by atoms with Crippen LogP contribution in [0, 0.1) is 0 Å². The van der Waals surface area contributed by atoms with Crippen LogP contribution in [-0.2, 0) is 25.9 Å². The first-order chi connectivity index (χ1) is 12.7. The second-order valence-electron chi connectivity index (χ2n) is 6.12. The fourth-order valence-corrected chi connectivity index (χ4v) is 3.26. The zero-order valence-corrected chi connectivity index (χ0v) is 18.8. The van der Waals surface area contributed by atoms with Crippen molar-refractivity contribution in [1.29, 1.82) is 0 Å². The van der Waals surface area contributed by atoms with Gasteiger partial charge in [0.2, 0.25) is 0 Å². The number of hydrogen-bond donors (Lipinski definition) is 2. The van der Waals surface area contributed by atoms with Crippen LogP contribution in [-0.4, -0.2) is 40.9 Å². The first-order valence-corrected chi connectivity index (χ1v) is 9.34. The summed E-state index contributed by atoms with van der Waals surface area (Å²) >= 11 is 6.30. The largest absolute Gasteiger partial charge is 0.497 e. The Kier molecular flexibility index (Phi) is 8.62. The van der Waals surface area contributed by atoms with E-state index in [1.807, 2.05) is 25.1 Å². The minimum absolute atomic E-state index is 0. The number of aliphatic imine (C=N–C) groups is 1. The van der Waals surface area contributed by atoms with Crippen molar-refractivity contribution in [3.8, 4) is 5.75 Å². The SMILES string of the molecule is CCNC(=NCc1nnc2n1CCC2)NCCc1ccc(OC)cc1Cl.I. The van der Waals surface area contributed by atoms with Crippen LogP contribution in [0.3, 0.4) is 0 Å². The Bertz CT molecular complexity index is 779. The lowest BCUT2D eigenvalue weighted by Gasteiger charge is -2.12. The van der Waals surface area contributed by atoms with Gasteiger partial charge in [-0.05, 0) is 37.5 Å². The van der Waals surface area contributed by atoms with Gasteiger partial charge in [-0.1, -0.05) is 17.7 Å². The van der Waals surface area contributed by atoms with E-state index in [9.17, 15) is 0 Å². The molecule has 0 saturated heterocycles. The molecule has 0 unspecified atom stereocenters. The second-order valence-corrected chi connectivity index (χ2v) is 6.52. The van der Waals surface area contributed by atoms with Crippen LogP contribution in [0.1, 0.15) is 30.6 Å². The van der Waals surface area contributed by atoms with Crippen LogP contribution >= 0.6 is 35.6 Å². The molecule has 7 nitrogen and oxygen atoms in total. The number of benzene rings is 1. The summed E-state index contributed by atoms with van der Waals surface area (Å²) in [4.78, 5) is 4.63. The molecule has 27 heavy (non-hydrogen) atoms. The molecule has 3 rings (SSSR count). The van der Waals surface area contributed by atoms with Crippen LogP contribution in [0.25, 0.3) is 0 Å². The van der Waals surface area contributed by atoms with Crippen LogP contribution < -0.4 is 15.4 Å². The van der Waals surface area contributed by atoms with Gasteiger partial charge in [-0.25, -0.2) is 4.99 Å². The van der Waals surface area contributed by atoms with Gasteiger partial charge in [-0.2, -0.15) is 0 Å². The summed E-state index contributed by atoms with van der Waals surface area (Å²) in [5.41, 5.74) is 1.08. The van der Waals surface area contributed by atoms with Crippen molar-refractivity contribution in [3.05, 3.63) is 40.4 Å². The van der Waals surface area contributed by atoms with Crippen molar-refractivity contribution in [2.24, 2.45) is 4.99 Å². The Labute approximate surface area is 182 Å². The number of aryl methyl sites for hydroxylation is 1. The fraction of sp³-hybridized carbons (Fsp3) is 0.500. The van der Waals surface area contributed by atoms with E-state index in [0.717, 1.165) is 67.8 Å². The molecule has 0 fully saturated rings. The lowest BCUT2D eigenvalue weighted by Crippen LogP contribution is -2.38. The molecule has 1 aliphatic heterocycles. The van der Waals surface area contributed by atoms with E-state index in [2.05, 4.69) is 30.4 Å². The maximum Gasteiger partial charge on any atom is 0.191 e. The number of nitrogens with zero attached hydrogens (tertiary/aromatic N) is 4. The summed E-state index contributed by atoms with van der Waals surface area (Å²) in [7, 11) is 1.64. The number of rotatable bonds is 7. The zero-order chi connectivity index (χ0) is 18.4. The molecule has 2 aromatic rings. The normalized spacial score (nSPS) is 13.1. The maximum atomic E-state index is 6.30. The molecule has 0 spiro atoms. The molecule has 0 aliphatic carbocycles. The first-order valence-electron chi connectivity index (χ1n) is 8.96. The minimum atomic E-state index is 0. The van der Waals surface area contributed by atoms with Gasteiger partial charge >= 0.3 is 0 Å². The van der Waals surface area contributed by atoms with Gasteiger partial charge in [0.25, 0.3) is 0 Å². The summed E-state index contributed by atoms with van der Waals surface area (Å²) in [5.74, 6) is 3.53. The Hall–Kier alpha value is -1.55. The van der Waals surface area contributed by atoms with Gasteiger partial charge in [0.15, 0.2) is 11.8 Å². The molecule has 1 aromatic heterocycles. The average molecular weight is 505 g/mol. The molecule has 0 radical (unpaired) electrons. The Morgan fingerprint density at radius 2 is 2.19 bits per heavy atom. The minimum Gasteiger partial charge on any atom is -0.497 e.